The van der Waals surface area contributed by atoms with E-state index in [1.807, 2.05) is 0 Å². The van der Waals surface area contributed by atoms with E-state index in [0.717, 1.165) is 12.0 Å². The quantitative estimate of drug-likeness (QED) is 0.307. The van der Waals surface area contributed by atoms with Gasteiger partial charge in [0.1, 0.15) is 5.69 Å². The van der Waals surface area contributed by atoms with E-state index in [9.17, 15) is 40.7 Å². The van der Waals surface area contributed by atoms with Crippen LogP contribution >= 0.6 is 0 Å². The molecule has 1 unspecified atom stereocenters. The van der Waals surface area contributed by atoms with Crippen molar-refractivity contribution in [2.24, 2.45) is 7.05 Å². The summed E-state index contributed by atoms with van der Waals surface area (Å²) in [5.74, 6) is -2.51. The van der Waals surface area contributed by atoms with Crippen LogP contribution in [0.3, 0.4) is 0 Å². The minimum atomic E-state index is -5.13. The lowest BCUT2D eigenvalue weighted by atomic mass is 9.98. The third-order valence-corrected chi connectivity index (χ3v) is 5.84. The number of carbonyl (C=O) groups is 3. The van der Waals surface area contributed by atoms with Crippen LogP contribution in [-0.2, 0) is 24.1 Å². The largest absolute Gasteiger partial charge is 0.464 e. The summed E-state index contributed by atoms with van der Waals surface area (Å²) in [5, 5.41) is 0. The first kappa shape index (κ1) is 27.9. The van der Waals surface area contributed by atoms with E-state index in [1.165, 1.54) is 32.4 Å². The molecule has 0 bridgehead atoms. The van der Waals surface area contributed by atoms with Crippen molar-refractivity contribution in [1.82, 2.24) is 9.47 Å². The number of methoxy groups -OCH3 is 1. The van der Waals surface area contributed by atoms with Gasteiger partial charge in [0.2, 0.25) is 0 Å². The van der Waals surface area contributed by atoms with Crippen LogP contribution in [0, 0.1) is 13.8 Å². The summed E-state index contributed by atoms with van der Waals surface area (Å²) in [7, 11) is 2.69. The Morgan fingerprint density at radius 2 is 1.49 bits per heavy atom. The molecule has 35 heavy (non-hydrogen) atoms. The Labute approximate surface area is 197 Å². The molecule has 1 atom stereocenters. The summed E-state index contributed by atoms with van der Waals surface area (Å²) in [6, 6.07) is -0.689. The number of rotatable bonds is 6. The van der Waals surface area contributed by atoms with Crippen LogP contribution in [0.2, 0.25) is 0 Å². The monoisotopic (exact) mass is 506 g/mol. The number of likely N-dealkylation sites (N-methyl/N-ethyl adjacent to an activating group) is 1. The number of nitrogens with zero attached hydrogens (tertiary/aromatic N) is 2. The Morgan fingerprint density at radius 3 is 1.89 bits per heavy atom. The highest BCUT2D eigenvalue weighted by molar-refractivity contribution is 6.07. The molecular weight excluding hydrogens is 482 g/mol. The van der Waals surface area contributed by atoms with Crippen LogP contribution in [0.15, 0.2) is 18.2 Å². The molecule has 192 valence electrons. The number of alkyl halides is 6. The zero-order valence-corrected chi connectivity index (χ0v) is 19.8. The number of hydrogen-bond donors (Lipinski definition) is 0. The predicted octanol–water partition coefficient (Wildman–Crippen LogP) is 5.20. The average Bonchev–Trinajstić information content (AvgIpc) is 2.99. The molecular formula is C23H24F6N2O4. The Kier molecular flexibility index (Phi) is 7.78. The van der Waals surface area contributed by atoms with Gasteiger partial charge in [-0.05, 0) is 51.5 Å². The number of ether oxygens (including phenoxy) is 1. The van der Waals surface area contributed by atoms with E-state index in [0.29, 0.717) is 17.8 Å². The van der Waals surface area contributed by atoms with Gasteiger partial charge in [0.25, 0.3) is 5.91 Å². The Hall–Kier alpha value is -3.31. The first-order valence-electron chi connectivity index (χ1n) is 10.4. The van der Waals surface area contributed by atoms with E-state index in [1.54, 1.807) is 6.92 Å². The molecule has 12 heteroatoms. The van der Waals surface area contributed by atoms with Gasteiger partial charge < -0.3 is 14.2 Å². The van der Waals surface area contributed by atoms with E-state index in [2.05, 4.69) is 0 Å². The molecule has 2 aromatic rings. The number of carbonyl (C=O) groups excluding carboxylic acids is 3. The van der Waals surface area contributed by atoms with E-state index in [-0.39, 0.29) is 29.4 Å². The number of aromatic nitrogens is 1. The fourth-order valence-corrected chi connectivity index (χ4v) is 3.91. The van der Waals surface area contributed by atoms with Crippen LogP contribution < -0.4 is 0 Å². The van der Waals surface area contributed by atoms with Gasteiger partial charge in [0.15, 0.2) is 5.78 Å². The van der Waals surface area contributed by atoms with Crippen molar-refractivity contribution in [1.29, 1.82) is 0 Å². The topological polar surface area (TPSA) is 68.6 Å². The summed E-state index contributed by atoms with van der Waals surface area (Å²) in [4.78, 5) is 39.4. The second-order valence-corrected chi connectivity index (χ2v) is 7.91. The molecule has 1 aromatic heterocycles. The van der Waals surface area contributed by atoms with Crippen LogP contribution in [0.5, 0.6) is 0 Å². The third-order valence-electron chi connectivity index (χ3n) is 5.84. The smallest absolute Gasteiger partial charge is 0.416 e. The normalized spacial score (nSPS) is 12.9. The van der Waals surface area contributed by atoms with Gasteiger partial charge >= 0.3 is 18.3 Å². The summed E-state index contributed by atoms with van der Waals surface area (Å²) in [5.41, 5.74) is -3.27. The van der Waals surface area contributed by atoms with E-state index < -0.39 is 52.7 Å². The van der Waals surface area contributed by atoms with Crippen LogP contribution in [-0.4, -0.2) is 46.8 Å². The van der Waals surface area contributed by atoms with Gasteiger partial charge in [-0.1, -0.05) is 0 Å². The standard InChI is InChI=1S/C23H24F6N2O4/c1-7-31(13(4)19(32)17-11(2)18(21(34)35-6)30(5)12(17)3)20(33)14-8-15(22(24,25)26)10-16(9-14)23(27,28)29/h8-10,13H,7H2,1-6H3. The minimum absolute atomic E-state index is 0.0767. The number of halogens is 6. The van der Waals surface area contributed by atoms with Gasteiger partial charge in [-0.2, -0.15) is 26.3 Å². The van der Waals surface area contributed by atoms with Gasteiger partial charge in [-0.25, -0.2) is 4.79 Å². The lowest BCUT2D eigenvalue weighted by molar-refractivity contribution is -0.143. The van der Waals surface area contributed by atoms with Gasteiger partial charge in [0, 0.05) is 30.4 Å². The van der Waals surface area contributed by atoms with E-state index >= 15 is 0 Å². The molecule has 0 radical (unpaired) electrons. The number of hydrogen-bond acceptors (Lipinski definition) is 4. The van der Waals surface area contributed by atoms with E-state index in [4.69, 9.17) is 4.74 Å². The van der Waals surface area contributed by atoms with Gasteiger partial charge in [-0.3, -0.25) is 9.59 Å². The van der Waals surface area contributed by atoms with Gasteiger partial charge in [-0.15, -0.1) is 0 Å². The zero-order valence-electron chi connectivity index (χ0n) is 19.8. The summed E-state index contributed by atoms with van der Waals surface area (Å²) in [6.45, 7) is 5.62. The lowest BCUT2D eigenvalue weighted by Gasteiger charge is -2.28. The fraction of sp³-hybridized carbons (Fsp3) is 0.435. The third kappa shape index (κ3) is 5.35. The molecule has 6 nitrogen and oxygen atoms in total. The van der Waals surface area contributed by atoms with Crippen LogP contribution in [0.1, 0.15) is 67.4 Å². The molecule has 0 saturated heterocycles. The number of ketones is 1. The lowest BCUT2D eigenvalue weighted by Crippen LogP contribution is -2.43. The number of amides is 1. The highest BCUT2D eigenvalue weighted by Crippen LogP contribution is 2.36. The van der Waals surface area contributed by atoms with Crippen LogP contribution in [0.4, 0.5) is 26.3 Å². The molecule has 0 aliphatic carbocycles. The average molecular weight is 506 g/mol. The maximum absolute atomic E-state index is 13.3. The predicted molar refractivity (Wildman–Crippen MR) is 113 cm³/mol. The number of benzene rings is 1. The summed E-state index contributed by atoms with van der Waals surface area (Å²) >= 11 is 0. The van der Waals surface area contributed by atoms with Crippen molar-refractivity contribution in [3.63, 3.8) is 0 Å². The van der Waals surface area contributed by atoms with Gasteiger partial charge in [0.05, 0.1) is 24.3 Å². The first-order valence-corrected chi connectivity index (χ1v) is 10.4. The number of esters is 1. The molecule has 1 heterocycles. The van der Waals surface area contributed by atoms with Crippen LogP contribution in [0.25, 0.3) is 0 Å². The van der Waals surface area contributed by atoms with Crippen molar-refractivity contribution in [2.75, 3.05) is 13.7 Å². The summed E-state index contributed by atoms with van der Waals surface area (Å²) < 4.78 is 85.5. The molecule has 2 rings (SSSR count). The highest BCUT2D eigenvalue weighted by Gasteiger charge is 2.39. The first-order chi connectivity index (χ1) is 16.0. The Morgan fingerprint density at radius 1 is 1.00 bits per heavy atom. The molecule has 0 spiro atoms. The maximum atomic E-state index is 13.3. The number of Topliss-reactive ketones (excluding diaryl/α,β-unsaturated/α-hetero) is 1. The second kappa shape index (κ2) is 9.74. The SMILES string of the molecule is CCN(C(=O)c1cc(C(F)(F)F)cc(C(F)(F)F)c1)C(C)C(=O)c1c(C)c(C(=O)OC)n(C)c1C. The van der Waals surface area contributed by atoms with Crippen molar-refractivity contribution in [3.8, 4) is 0 Å². The molecule has 1 aromatic carbocycles. The van der Waals surface area contributed by atoms with Crippen molar-refractivity contribution >= 4 is 17.7 Å². The van der Waals surface area contributed by atoms with Crippen molar-refractivity contribution in [2.45, 2.75) is 46.1 Å². The van der Waals surface area contributed by atoms with Crippen molar-refractivity contribution in [3.05, 3.63) is 57.4 Å². The molecule has 0 fully saturated rings. The highest BCUT2D eigenvalue weighted by atomic mass is 19.4. The van der Waals surface area contributed by atoms with Crippen molar-refractivity contribution < 1.29 is 45.5 Å². The molecule has 0 saturated carbocycles. The molecule has 0 N–H and O–H groups in total. The second-order valence-electron chi connectivity index (χ2n) is 7.91. The minimum Gasteiger partial charge on any atom is -0.464 e. The molecule has 0 aliphatic rings. The molecule has 1 amide bonds. The summed E-state index contributed by atoms with van der Waals surface area (Å²) in [6.07, 6.45) is -10.3. The zero-order chi connectivity index (χ0) is 27.0. The Bertz CT molecular complexity index is 1130. The molecule has 0 aliphatic heterocycles. The maximum Gasteiger partial charge on any atom is 0.416 e. The fourth-order valence-electron chi connectivity index (χ4n) is 3.91. The Balaban J connectivity index is 2.56.